The van der Waals surface area contributed by atoms with E-state index >= 15 is 0 Å². The van der Waals surface area contributed by atoms with Gasteiger partial charge in [-0.25, -0.2) is 0 Å². The SMILES string of the molecule is CN(C(=O)c1cc2c(s1)-c1ccc(C(=O)Cl)cc1OCC2)c1ccccc1Cl. The Morgan fingerprint density at radius 1 is 1.14 bits per heavy atom. The van der Waals surface area contributed by atoms with Crippen LogP contribution in [0.5, 0.6) is 5.75 Å². The number of carbonyl (C=O) groups is 2. The quantitative estimate of drug-likeness (QED) is 0.502. The number of amides is 1. The molecule has 7 heteroatoms. The zero-order valence-electron chi connectivity index (χ0n) is 14.9. The fourth-order valence-electron chi connectivity index (χ4n) is 3.17. The number of rotatable bonds is 3. The highest BCUT2D eigenvalue weighted by Gasteiger charge is 2.24. The molecule has 1 aromatic heterocycles. The van der Waals surface area contributed by atoms with E-state index in [9.17, 15) is 9.59 Å². The first-order valence-corrected chi connectivity index (χ1v) is 10.2. The van der Waals surface area contributed by atoms with Gasteiger partial charge in [0.15, 0.2) is 0 Å². The lowest BCUT2D eigenvalue weighted by Crippen LogP contribution is -2.25. The van der Waals surface area contributed by atoms with Gasteiger partial charge in [-0.15, -0.1) is 11.3 Å². The molecule has 2 heterocycles. The van der Waals surface area contributed by atoms with Gasteiger partial charge in [-0.2, -0.15) is 0 Å². The van der Waals surface area contributed by atoms with Crippen LogP contribution in [0, 0.1) is 0 Å². The van der Waals surface area contributed by atoms with Gasteiger partial charge < -0.3 is 9.64 Å². The van der Waals surface area contributed by atoms with Crippen LogP contribution >= 0.6 is 34.5 Å². The van der Waals surface area contributed by atoms with Crippen LogP contribution in [0.25, 0.3) is 10.4 Å². The van der Waals surface area contributed by atoms with Crippen molar-refractivity contribution in [2.45, 2.75) is 6.42 Å². The van der Waals surface area contributed by atoms with Gasteiger partial charge in [-0.05, 0) is 53.6 Å². The summed E-state index contributed by atoms with van der Waals surface area (Å²) in [7, 11) is 1.71. The molecule has 0 bridgehead atoms. The summed E-state index contributed by atoms with van der Waals surface area (Å²) in [5, 5.41) is -0.00670. The van der Waals surface area contributed by atoms with Crippen molar-refractivity contribution in [3.05, 3.63) is 69.6 Å². The summed E-state index contributed by atoms with van der Waals surface area (Å²) in [5.74, 6) is 0.478. The van der Waals surface area contributed by atoms with Crippen LogP contribution in [0.4, 0.5) is 5.69 Å². The van der Waals surface area contributed by atoms with Gasteiger partial charge in [0.2, 0.25) is 0 Å². The third-order valence-electron chi connectivity index (χ3n) is 4.62. The molecule has 0 unspecified atom stereocenters. The van der Waals surface area contributed by atoms with E-state index in [2.05, 4.69) is 0 Å². The average molecular weight is 432 g/mol. The van der Waals surface area contributed by atoms with Crippen LogP contribution in [-0.2, 0) is 6.42 Å². The summed E-state index contributed by atoms with van der Waals surface area (Å²) in [6.45, 7) is 0.463. The highest BCUT2D eigenvalue weighted by Crippen LogP contribution is 2.42. The number of ether oxygens (including phenoxy) is 1. The molecule has 0 N–H and O–H groups in total. The highest BCUT2D eigenvalue weighted by atomic mass is 35.5. The van der Waals surface area contributed by atoms with Crippen molar-refractivity contribution >= 4 is 51.4 Å². The lowest BCUT2D eigenvalue weighted by atomic mass is 10.1. The summed E-state index contributed by atoms with van der Waals surface area (Å²) in [6, 6.07) is 14.3. The van der Waals surface area contributed by atoms with E-state index in [4.69, 9.17) is 27.9 Å². The largest absolute Gasteiger partial charge is 0.493 e. The minimum atomic E-state index is -0.528. The molecule has 1 amide bonds. The lowest BCUT2D eigenvalue weighted by molar-refractivity contribution is 0.0996. The van der Waals surface area contributed by atoms with Crippen LogP contribution in [0.2, 0.25) is 5.02 Å². The molecule has 0 spiro atoms. The maximum absolute atomic E-state index is 13.0. The maximum atomic E-state index is 13.0. The topological polar surface area (TPSA) is 46.6 Å². The number of halogens is 2. The molecule has 0 atom stereocenters. The molecular formula is C21H15Cl2NO3S. The van der Waals surface area contributed by atoms with Crippen LogP contribution < -0.4 is 9.64 Å². The second-order valence-corrected chi connectivity index (χ2v) is 8.17. The van der Waals surface area contributed by atoms with Crippen molar-refractivity contribution in [1.82, 2.24) is 0 Å². The van der Waals surface area contributed by atoms with Crippen LogP contribution in [0.3, 0.4) is 0 Å². The van der Waals surface area contributed by atoms with Gasteiger partial charge in [0.25, 0.3) is 11.1 Å². The minimum Gasteiger partial charge on any atom is -0.493 e. The molecular weight excluding hydrogens is 417 g/mol. The van der Waals surface area contributed by atoms with E-state index < -0.39 is 5.24 Å². The lowest BCUT2D eigenvalue weighted by Gasteiger charge is -2.17. The first kappa shape index (κ1) is 19.0. The molecule has 2 aromatic carbocycles. The predicted molar refractivity (Wildman–Crippen MR) is 113 cm³/mol. The van der Waals surface area contributed by atoms with E-state index in [0.717, 1.165) is 16.0 Å². The Balaban J connectivity index is 1.72. The molecule has 142 valence electrons. The van der Waals surface area contributed by atoms with E-state index in [0.29, 0.717) is 39.9 Å². The Kier molecular flexibility index (Phi) is 5.15. The Labute approximate surface area is 176 Å². The third kappa shape index (κ3) is 3.41. The number of thiophene rings is 1. The summed E-state index contributed by atoms with van der Waals surface area (Å²) in [4.78, 5) is 27.6. The van der Waals surface area contributed by atoms with Gasteiger partial charge in [-0.3, -0.25) is 9.59 Å². The van der Waals surface area contributed by atoms with E-state index in [1.807, 2.05) is 30.3 Å². The molecule has 4 nitrogen and oxygen atoms in total. The molecule has 0 saturated carbocycles. The van der Waals surface area contributed by atoms with Gasteiger partial charge >= 0.3 is 0 Å². The number of nitrogens with zero attached hydrogens (tertiary/aromatic N) is 1. The zero-order chi connectivity index (χ0) is 19.8. The zero-order valence-corrected chi connectivity index (χ0v) is 17.2. The highest BCUT2D eigenvalue weighted by molar-refractivity contribution is 7.17. The van der Waals surface area contributed by atoms with Crippen LogP contribution in [0.15, 0.2) is 48.5 Å². The Morgan fingerprint density at radius 2 is 1.93 bits per heavy atom. The maximum Gasteiger partial charge on any atom is 0.268 e. The number of anilines is 1. The Bertz CT molecular complexity index is 1090. The van der Waals surface area contributed by atoms with Gasteiger partial charge in [0.05, 0.1) is 22.2 Å². The summed E-state index contributed by atoms with van der Waals surface area (Å²) < 4.78 is 5.80. The van der Waals surface area contributed by atoms with E-state index in [1.54, 1.807) is 30.1 Å². The number of benzene rings is 2. The molecule has 0 fully saturated rings. The predicted octanol–water partition coefficient (Wildman–Crippen LogP) is 5.66. The van der Waals surface area contributed by atoms with Gasteiger partial charge in [-0.1, -0.05) is 23.7 Å². The Hall–Kier alpha value is -2.34. The normalized spacial score (nSPS) is 12.4. The van der Waals surface area contributed by atoms with Crippen LogP contribution in [-0.4, -0.2) is 24.8 Å². The minimum absolute atomic E-state index is 0.124. The molecule has 0 saturated heterocycles. The molecule has 4 rings (SSSR count). The van der Waals surface area contributed by atoms with Gasteiger partial charge in [0.1, 0.15) is 5.75 Å². The first-order valence-electron chi connectivity index (χ1n) is 8.58. The number of hydrogen-bond acceptors (Lipinski definition) is 4. The van der Waals surface area contributed by atoms with E-state index in [-0.39, 0.29) is 5.91 Å². The van der Waals surface area contributed by atoms with Crippen molar-refractivity contribution in [1.29, 1.82) is 0 Å². The van der Waals surface area contributed by atoms with Crippen molar-refractivity contribution in [3.63, 3.8) is 0 Å². The second kappa shape index (κ2) is 7.59. The number of fused-ring (bicyclic) bond motifs is 3. The second-order valence-electron chi connectivity index (χ2n) is 6.36. The van der Waals surface area contributed by atoms with Crippen molar-refractivity contribution in [2.75, 3.05) is 18.6 Å². The summed E-state index contributed by atoms with van der Waals surface area (Å²) in [6.07, 6.45) is 0.674. The molecule has 1 aliphatic heterocycles. The van der Waals surface area contributed by atoms with E-state index in [1.165, 1.54) is 11.3 Å². The Morgan fingerprint density at radius 3 is 2.68 bits per heavy atom. The van der Waals surface area contributed by atoms with Crippen molar-refractivity contribution in [3.8, 4) is 16.2 Å². The van der Waals surface area contributed by atoms with Crippen LogP contribution in [0.1, 0.15) is 25.6 Å². The molecule has 1 aliphatic rings. The summed E-state index contributed by atoms with van der Waals surface area (Å²) >= 11 is 13.2. The monoisotopic (exact) mass is 431 g/mol. The first-order chi connectivity index (χ1) is 13.5. The van der Waals surface area contributed by atoms with Gasteiger partial charge in [0, 0.05) is 29.5 Å². The molecule has 3 aromatic rings. The number of para-hydroxylation sites is 1. The number of hydrogen-bond donors (Lipinski definition) is 0. The number of carbonyl (C=O) groups excluding carboxylic acids is 2. The smallest absolute Gasteiger partial charge is 0.268 e. The van der Waals surface area contributed by atoms with Crippen molar-refractivity contribution < 1.29 is 14.3 Å². The summed E-state index contributed by atoms with van der Waals surface area (Å²) in [5.41, 5.74) is 2.95. The van der Waals surface area contributed by atoms with Crippen molar-refractivity contribution in [2.24, 2.45) is 0 Å². The standard InChI is InChI=1S/C21H15Cl2NO3S/c1-24(16-5-3-2-4-15(16)22)21(26)18-11-12-8-9-27-17-10-13(20(23)25)6-7-14(17)19(12)28-18/h2-7,10-11H,8-9H2,1H3. The third-order valence-corrected chi connectivity index (χ3v) is 6.36. The fourth-order valence-corrected chi connectivity index (χ4v) is 4.76. The molecule has 28 heavy (non-hydrogen) atoms. The fraction of sp³-hybridized carbons (Fsp3) is 0.143. The average Bonchev–Trinajstić information content (AvgIpc) is 3.03. The molecule has 0 radical (unpaired) electrons. The molecule has 0 aliphatic carbocycles.